The Hall–Kier alpha value is -2.62. The maximum absolute atomic E-state index is 13.3. The number of fused-ring (bicyclic) bond motifs is 2. The molecule has 1 fully saturated rings. The Kier molecular flexibility index (Phi) is 7.35. The second-order valence-corrected chi connectivity index (χ2v) is 12.4. The maximum Gasteiger partial charge on any atom is 0.341 e. The number of ether oxygens (including phenoxy) is 1. The molecule has 6 rings (SSSR count). The zero-order valence-electron chi connectivity index (χ0n) is 21.1. The van der Waals surface area contributed by atoms with Crippen LogP contribution in [-0.2, 0) is 37.1 Å². The molecular formula is C28H34N4O3S2. The van der Waals surface area contributed by atoms with Crippen LogP contribution in [0, 0.1) is 0 Å². The fourth-order valence-electron chi connectivity index (χ4n) is 5.83. The number of carbonyl (C=O) groups excluding carboxylic acids is 2. The van der Waals surface area contributed by atoms with Gasteiger partial charge in [-0.05, 0) is 87.6 Å². The third kappa shape index (κ3) is 5.22. The number of hydrogen-bond acceptors (Lipinski definition) is 6. The highest BCUT2D eigenvalue weighted by atomic mass is 32.1. The summed E-state index contributed by atoms with van der Waals surface area (Å²) < 4.78 is 8.08. The van der Waals surface area contributed by atoms with Crippen LogP contribution in [0.1, 0.15) is 81.7 Å². The molecule has 9 heteroatoms. The van der Waals surface area contributed by atoms with Gasteiger partial charge >= 0.3 is 12.0 Å². The van der Waals surface area contributed by atoms with E-state index in [0.29, 0.717) is 17.1 Å². The third-order valence-electron chi connectivity index (χ3n) is 7.71. The lowest BCUT2D eigenvalue weighted by atomic mass is 9.95. The van der Waals surface area contributed by atoms with Crippen molar-refractivity contribution in [1.29, 1.82) is 0 Å². The van der Waals surface area contributed by atoms with E-state index in [1.165, 1.54) is 27.3 Å². The molecule has 0 spiro atoms. The maximum atomic E-state index is 13.3. The van der Waals surface area contributed by atoms with Gasteiger partial charge in [-0.3, -0.25) is 5.32 Å². The van der Waals surface area contributed by atoms with Gasteiger partial charge in [-0.2, -0.15) is 0 Å². The molecule has 3 aromatic rings. The zero-order valence-corrected chi connectivity index (χ0v) is 22.7. The summed E-state index contributed by atoms with van der Waals surface area (Å²) in [7, 11) is 0. The molecule has 0 aromatic carbocycles. The summed E-state index contributed by atoms with van der Waals surface area (Å²) in [5, 5.41) is 11.4. The summed E-state index contributed by atoms with van der Waals surface area (Å²) in [6.07, 6.45) is 14.4. The molecule has 3 N–H and O–H groups in total. The van der Waals surface area contributed by atoms with Gasteiger partial charge in [0.25, 0.3) is 0 Å². The summed E-state index contributed by atoms with van der Waals surface area (Å²) >= 11 is 3.33. The molecule has 4 heterocycles. The molecule has 196 valence electrons. The van der Waals surface area contributed by atoms with E-state index in [4.69, 9.17) is 4.74 Å². The van der Waals surface area contributed by atoms with Crippen molar-refractivity contribution in [2.45, 2.75) is 83.4 Å². The highest BCUT2D eigenvalue weighted by Gasteiger charge is 2.30. The zero-order chi connectivity index (χ0) is 25.2. The van der Waals surface area contributed by atoms with Gasteiger partial charge in [-0.1, -0.05) is 6.42 Å². The number of hydrogen-bond donors (Lipinski definition) is 3. The molecule has 37 heavy (non-hydrogen) atoms. The number of aryl methyl sites for hydroxylation is 1. The van der Waals surface area contributed by atoms with Crippen molar-refractivity contribution in [1.82, 2.24) is 15.2 Å². The van der Waals surface area contributed by atoms with Crippen LogP contribution < -0.4 is 16.0 Å². The van der Waals surface area contributed by atoms with E-state index in [2.05, 4.69) is 32.9 Å². The van der Waals surface area contributed by atoms with Gasteiger partial charge in [-0.15, -0.1) is 22.7 Å². The quantitative estimate of drug-likeness (QED) is 0.339. The lowest BCUT2D eigenvalue weighted by molar-refractivity contribution is 0.0211. The summed E-state index contributed by atoms with van der Waals surface area (Å²) in [5.74, 6) is -0.268. The molecule has 0 atom stereocenters. The van der Waals surface area contributed by atoms with Crippen LogP contribution in [0.4, 0.5) is 9.80 Å². The first kappa shape index (κ1) is 24.7. The minimum atomic E-state index is -0.280. The first-order valence-corrected chi connectivity index (χ1v) is 15.2. The summed E-state index contributed by atoms with van der Waals surface area (Å²) in [5.41, 5.74) is 4.19. The summed E-state index contributed by atoms with van der Waals surface area (Å²) in [4.78, 5) is 29.1. The van der Waals surface area contributed by atoms with Crippen molar-refractivity contribution in [2.75, 3.05) is 11.9 Å². The topological polar surface area (TPSA) is 84.4 Å². The number of nitrogens with one attached hydrogen (secondary N) is 3. The van der Waals surface area contributed by atoms with Gasteiger partial charge in [0, 0.05) is 40.8 Å². The Balaban J connectivity index is 1.20. The number of esters is 1. The monoisotopic (exact) mass is 538 g/mol. The molecule has 7 nitrogen and oxygen atoms in total. The predicted molar refractivity (Wildman–Crippen MR) is 148 cm³/mol. The van der Waals surface area contributed by atoms with Crippen molar-refractivity contribution in [3.8, 4) is 5.00 Å². The number of anilines is 1. The number of carbonyl (C=O) groups is 2. The number of amides is 2. The number of rotatable bonds is 6. The number of urea groups is 1. The van der Waals surface area contributed by atoms with Crippen molar-refractivity contribution >= 4 is 39.7 Å². The summed E-state index contributed by atoms with van der Waals surface area (Å²) in [6.45, 7) is 2.26. The van der Waals surface area contributed by atoms with Gasteiger partial charge < -0.3 is 19.9 Å². The van der Waals surface area contributed by atoms with Gasteiger partial charge in [0.05, 0.1) is 5.56 Å². The molecule has 1 saturated carbocycles. The number of nitrogens with zero attached hydrogens (tertiary/aromatic N) is 1. The number of thiophene rings is 2. The highest BCUT2D eigenvalue weighted by Crippen LogP contribution is 2.39. The minimum absolute atomic E-state index is 0.00608. The number of aromatic nitrogens is 1. The second kappa shape index (κ2) is 11.0. The van der Waals surface area contributed by atoms with Crippen LogP contribution in [0.15, 0.2) is 24.5 Å². The molecule has 2 aliphatic carbocycles. The molecule has 1 aliphatic heterocycles. The summed E-state index contributed by atoms with van der Waals surface area (Å²) in [6, 6.07) is 3.76. The Morgan fingerprint density at radius 3 is 2.62 bits per heavy atom. The van der Waals surface area contributed by atoms with Gasteiger partial charge in [0.1, 0.15) is 16.1 Å². The Bertz CT molecular complexity index is 1270. The molecule has 2 amide bonds. The minimum Gasteiger partial charge on any atom is -0.459 e. The van der Waals surface area contributed by atoms with E-state index < -0.39 is 0 Å². The van der Waals surface area contributed by atoms with Gasteiger partial charge in [0.2, 0.25) is 0 Å². The average molecular weight is 539 g/mol. The van der Waals surface area contributed by atoms with Crippen molar-refractivity contribution in [3.05, 3.63) is 56.5 Å². The standard InChI is InChI=1S/C28H34N4O3S2/c33-27(35-18-8-2-1-3-9-18)24-20-10-4-5-11-22(20)36-25(24)31-28(34)30-16-21-19-12-13-29-17-23(19)37-26(21)32-14-6-7-15-32/h6-7,14-15,18,29H,1-5,8-13,16-17H2,(H2,30,31,34). The molecule has 0 saturated heterocycles. The molecule has 3 aromatic heterocycles. The fourth-order valence-corrected chi connectivity index (χ4v) is 8.40. The Morgan fingerprint density at radius 1 is 0.973 bits per heavy atom. The average Bonchev–Trinajstić information content (AvgIpc) is 3.65. The van der Waals surface area contributed by atoms with E-state index in [0.717, 1.165) is 81.4 Å². The molecular weight excluding hydrogens is 504 g/mol. The largest absolute Gasteiger partial charge is 0.459 e. The normalized spacial score (nSPS) is 17.6. The van der Waals surface area contributed by atoms with E-state index >= 15 is 0 Å². The highest BCUT2D eigenvalue weighted by molar-refractivity contribution is 7.17. The molecule has 3 aliphatic rings. The van der Waals surface area contributed by atoms with Crippen LogP contribution in [0.5, 0.6) is 0 Å². The van der Waals surface area contributed by atoms with Gasteiger partial charge in [-0.25, -0.2) is 9.59 Å². The van der Waals surface area contributed by atoms with E-state index in [9.17, 15) is 9.59 Å². The van der Waals surface area contributed by atoms with Crippen LogP contribution in [0.2, 0.25) is 0 Å². The van der Waals surface area contributed by atoms with Gasteiger partial charge in [0.15, 0.2) is 0 Å². The second-order valence-electron chi connectivity index (χ2n) is 10.2. The molecule has 0 bridgehead atoms. The van der Waals surface area contributed by atoms with E-state index in [1.54, 1.807) is 22.7 Å². The van der Waals surface area contributed by atoms with Crippen LogP contribution in [0.25, 0.3) is 5.00 Å². The lowest BCUT2D eigenvalue weighted by Gasteiger charge is -2.22. The SMILES string of the molecule is O=C(NCc1c(-n2cccc2)sc2c1CCNC2)Nc1sc2c(c1C(=O)OC1CCCCC1)CCCC2. The Labute approximate surface area is 225 Å². The Morgan fingerprint density at radius 2 is 1.78 bits per heavy atom. The van der Waals surface area contributed by atoms with Crippen LogP contribution in [0.3, 0.4) is 0 Å². The van der Waals surface area contributed by atoms with Crippen molar-refractivity contribution in [3.63, 3.8) is 0 Å². The third-order valence-corrected chi connectivity index (χ3v) is 10.2. The molecule has 0 unspecified atom stereocenters. The van der Waals surface area contributed by atoms with Crippen molar-refractivity contribution in [2.24, 2.45) is 0 Å². The van der Waals surface area contributed by atoms with E-state index in [-0.39, 0.29) is 18.1 Å². The van der Waals surface area contributed by atoms with Crippen LogP contribution in [-0.4, -0.2) is 29.2 Å². The lowest BCUT2D eigenvalue weighted by Crippen LogP contribution is -2.30. The fraction of sp³-hybridized carbons (Fsp3) is 0.500. The molecule has 0 radical (unpaired) electrons. The van der Waals surface area contributed by atoms with Crippen molar-refractivity contribution < 1.29 is 14.3 Å². The van der Waals surface area contributed by atoms with E-state index in [1.807, 2.05) is 12.1 Å². The predicted octanol–water partition coefficient (Wildman–Crippen LogP) is 5.94. The van der Waals surface area contributed by atoms with Crippen LogP contribution >= 0.6 is 22.7 Å². The smallest absolute Gasteiger partial charge is 0.341 e. The first-order valence-electron chi connectivity index (χ1n) is 13.5. The first-order chi connectivity index (χ1) is 18.2.